The van der Waals surface area contributed by atoms with Gasteiger partial charge in [0.2, 0.25) is 0 Å². The molecule has 2 N–H and O–H groups in total. The molecule has 2 heterocycles. The van der Waals surface area contributed by atoms with Crippen LogP contribution in [0.3, 0.4) is 0 Å². The topological polar surface area (TPSA) is 54.4 Å². The van der Waals surface area contributed by atoms with E-state index in [0.717, 1.165) is 13.0 Å². The summed E-state index contributed by atoms with van der Waals surface area (Å²) in [6.07, 6.45) is 5.22. The van der Waals surface area contributed by atoms with Crippen LogP contribution in [0.15, 0.2) is 24.5 Å². The minimum atomic E-state index is -0.699. The number of aliphatic hydroxyl groups is 1. The lowest BCUT2D eigenvalue weighted by Gasteiger charge is -2.26. The fourth-order valence-electron chi connectivity index (χ4n) is 2.09. The van der Waals surface area contributed by atoms with E-state index in [1.807, 2.05) is 19.2 Å². The van der Waals surface area contributed by atoms with Gasteiger partial charge in [0.1, 0.15) is 5.60 Å². The van der Waals surface area contributed by atoms with Gasteiger partial charge >= 0.3 is 0 Å². The zero-order valence-corrected chi connectivity index (χ0v) is 10.2. The van der Waals surface area contributed by atoms with Crippen molar-refractivity contribution >= 4 is 0 Å². The molecule has 1 saturated heterocycles. The van der Waals surface area contributed by atoms with Crippen molar-refractivity contribution in [2.45, 2.75) is 31.5 Å². The molecule has 2 atom stereocenters. The van der Waals surface area contributed by atoms with Crippen LogP contribution in [0.5, 0.6) is 0 Å². The van der Waals surface area contributed by atoms with E-state index < -0.39 is 5.60 Å². The second kappa shape index (κ2) is 5.58. The molecule has 94 valence electrons. The third-order valence-corrected chi connectivity index (χ3v) is 3.40. The van der Waals surface area contributed by atoms with Gasteiger partial charge in [0.25, 0.3) is 0 Å². The number of rotatable bonds is 5. The van der Waals surface area contributed by atoms with Crippen LogP contribution in [-0.4, -0.2) is 41.5 Å². The summed E-state index contributed by atoms with van der Waals surface area (Å²) in [5.41, 5.74) is 0.511. The highest BCUT2D eigenvalue weighted by molar-refractivity contribution is 5.08. The standard InChI is InChI=1S/C13H20N2O2/c1-11-13(16,5-8-17-11)10-15-7-4-12-3-2-6-14-9-12/h2-3,6,9,11,15-16H,4-5,7-8,10H2,1H3. The molecule has 2 rings (SSSR count). The monoisotopic (exact) mass is 236 g/mol. The van der Waals surface area contributed by atoms with Crippen LogP contribution in [-0.2, 0) is 11.2 Å². The molecule has 1 fully saturated rings. The van der Waals surface area contributed by atoms with Crippen molar-refractivity contribution < 1.29 is 9.84 Å². The Bertz CT molecular complexity index is 345. The highest BCUT2D eigenvalue weighted by Crippen LogP contribution is 2.24. The second-order valence-electron chi connectivity index (χ2n) is 4.65. The third kappa shape index (κ3) is 3.25. The van der Waals surface area contributed by atoms with Gasteiger partial charge in [0.15, 0.2) is 0 Å². The number of ether oxygens (including phenoxy) is 1. The minimum absolute atomic E-state index is 0.0756. The van der Waals surface area contributed by atoms with Crippen molar-refractivity contribution in [3.8, 4) is 0 Å². The molecule has 1 aliphatic heterocycles. The molecule has 4 nitrogen and oxygen atoms in total. The van der Waals surface area contributed by atoms with Crippen molar-refractivity contribution in [3.63, 3.8) is 0 Å². The molecule has 17 heavy (non-hydrogen) atoms. The van der Waals surface area contributed by atoms with Crippen LogP contribution in [0.2, 0.25) is 0 Å². The Morgan fingerprint density at radius 3 is 3.18 bits per heavy atom. The first-order valence-corrected chi connectivity index (χ1v) is 6.14. The highest BCUT2D eigenvalue weighted by atomic mass is 16.5. The van der Waals surface area contributed by atoms with Gasteiger partial charge in [-0.2, -0.15) is 0 Å². The predicted octanol–water partition coefficient (Wildman–Crippen LogP) is 0.754. The SMILES string of the molecule is CC1OCCC1(O)CNCCc1cccnc1. The number of nitrogens with zero attached hydrogens (tertiary/aromatic N) is 1. The van der Waals surface area contributed by atoms with E-state index in [1.54, 1.807) is 6.20 Å². The van der Waals surface area contributed by atoms with Gasteiger partial charge in [-0.15, -0.1) is 0 Å². The maximum Gasteiger partial charge on any atom is 0.105 e. The first-order chi connectivity index (χ1) is 8.21. The molecule has 0 aromatic carbocycles. The molecule has 0 amide bonds. The second-order valence-corrected chi connectivity index (χ2v) is 4.65. The average molecular weight is 236 g/mol. The Labute approximate surface area is 102 Å². The van der Waals surface area contributed by atoms with E-state index in [2.05, 4.69) is 16.4 Å². The van der Waals surface area contributed by atoms with Crippen LogP contribution in [0.1, 0.15) is 18.9 Å². The van der Waals surface area contributed by atoms with Gasteiger partial charge in [-0.3, -0.25) is 4.98 Å². The van der Waals surface area contributed by atoms with Gasteiger partial charge < -0.3 is 15.2 Å². The Balaban J connectivity index is 1.70. The summed E-state index contributed by atoms with van der Waals surface area (Å²) in [7, 11) is 0. The summed E-state index contributed by atoms with van der Waals surface area (Å²) in [6.45, 7) is 4.02. The number of hydrogen-bond donors (Lipinski definition) is 2. The van der Waals surface area contributed by atoms with Crippen molar-refractivity contribution in [3.05, 3.63) is 30.1 Å². The van der Waals surface area contributed by atoms with Gasteiger partial charge in [-0.1, -0.05) is 6.07 Å². The molecule has 1 aromatic rings. The lowest BCUT2D eigenvalue weighted by molar-refractivity contribution is -0.0259. The summed E-state index contributed by atoms with van der Waals surface area (Å²) < 4.78 is 5.38. The number of aromatic nitrogens is 1. The van der Waals surface area contributed by atoms with Gasteiger partial charge in [0.05, 0.1) is 6.10 Å². The molecular weight excluding hydrogens is 216 g/mol. The van der Waals surface area contributed by atoms with Crippen molar-refractivity contribution in [2.75, 3.05) is 19.7 Å². The van der Waals surface area contributed by atoms with Crippen molar-refractivity contribution in [2.24, 2.45) is 0 Å². The summed E-state index contributed by atoms with van der Waals surface area (Å²) in [5.74, 6) is 0. The zero-order valence-electron chi connectivity index (χ0n) is 10.2. The molecule has 0 saturated carbocycles. The normalized spacial score (nSPS) is 28.5. The van der Waals surface area contributed by atoms with Crippen LogP contribution < -0.4 is 5.32 Å². The quantitative estimate of drug-likeness (QED) is 0.741. The van der Waals surface area contributed by atoms with Gasteiger partial charge in [-0.05, 0) is 31.5 Å². The zero-order chi connectivity index (χ0) is 12.1. The molecule has 0 radical (unpaired) electrons. The van der Waals surface area contributed by atoms with E-state index in [4.69, 9.17) is 4.74 Å². The van der Waals surface area contributed by atoms with Crippen LogP contribution in [0, 0.1) is 0 Å². The fraction of sp³-hybridized carbons (Fsp3) is 0.615. The van der Waals surface area contributed by atoms with Crippen molar-refractivity contribution in [1.82, 2.24) is 10.3 Å². The third-order valence-electron chi connectivity index (χ3n) is 3.40. The summed E-state index contributed by atoms with van der Waals surface area (Å²) in [5, 5.41) is 13.5. The smallest absolute Gasteiger partial charge is 0.105 e. The Hall–Kier alpha value is -0.970. The molecular formula is C13H20N2O2. The first-order valence-electron chi connectivity index (χ1n) is 6.14. The van der Waals surface area contributed by atoms with Crippen LogP contribution in [0.25, 0.3) is 0 Å². The average Bonchev–Trinajstić information content (AvgIpc) is 2.67. The van der Waals surface area contributed by atoms with Crippen molar-refractivity contribution in [1.29, 1.82) is 0 Å². The molecule has 0 aliphatic carbocycles. The van der Waals surface area contributed by atoms with E-state index >= 15 is 0 Å². The fourth-order valence-corrected chi connectivity index (χ4v) is 2.09. The minimum Gasteiger partial charge on any atom is -0.386 e. The van der Waals surface area contributed by atoms with E-state index in [0.29, 0.717) is 19.6 Å². The van der Waals surface area contributed by atoms with E-state index in [9.17, 15) is 5.11 Å². The number of hydrogen-bond acceptors (Lipinski definition) is 4. The Morgan fingerprint density at radius 1 is 1.65 bits per heavy atom. The molecule has 0 bridgehead atoms. The number of nitrogens with one attached hydrogen (secondary N) is 1. The van der Waals surface area contributed by atoms with Gasteiger partial charge in [-0.25, -0.2) is 0 Å². The molecule has 1 aromatic heterocycles. The lowest BCUT2D eigenvalue weighted by atomic mass is 9.97. The van der Waals surface area contributed by atoms with Crippen LogP contribution >= 0.6 is 0 Å². The largest absolute Gasteiger partial charge is 0.386 e. The lowest BCUT2D eigenvalue weighted by Crippen LogP contribution is -2.46. The molecule has 1 aliphatic rings. The number of pyridine rings is 1. The first kappa shape index (κ1) is 12.5. The summed E-state index contributed by atoms with van der Waals surface area (Å²) in [4.78, 5) is 4.07. The van der Waals surface area contributed by atoms with E-state index in [-0.39, 0.29) is 6.10 Å². The Morgan fingerprint density at radius 2 is 2.53 bits per heavy atom. The summed E-state index contributed by atoms with van der Waals surface area (Å²) in [6, 6.07) is 4.00. The molecule has 0 spiro atoms. The van der Waals surface area contributed by atoms with Gasteiger partial charge in [0, 0.05) is 32.0 Å². The maximum atomic E-state index is 10.3. The molecule has 4 heteroatoms. The molecule has 2 unspecified atom stereocenters. The predicted molar refractivity (Wildman–Crippen MR) is 65.8 cm³/mol. The summed E-state index contributed by atoms with van der Waals surface area (Å²) >= 11 is 0. The highest BCUT2D eigenvalue weighted by Gasteiger charge is 2.38. The maximum absolute atomic E-state index is 10.3. The van der Waals surface area contributed by atoms with E-state index in [1.165, 1.54) is 5.56 Å². The Kier molecular flexibility index (Phi) is 4.10. The van der Waals surface area contributed by atoms with Crippen LogP contribution in [0.4, 0.5) is 0 Å².